The second kappa shape index (κ2) is 8.01. The van der Waals surface area contributed by atoms with Gasteiger partial charge in [0.15, 0.2) is 5.82 Å². The van der Waals surface area contributed by atoms with Gasteiger partial charge in [0.25, 0.3) is 0 Å². The molecule has 1 N–H and O–H groups in total. The van der Waals surface area contributed by atoms with Crippen LogP contribution in [0.1, 0.15) is 12.5 Å². The molecule has 25 heavy (non-hydrogen) atoms. The van der Waals surface area contributed by atoms with Gasteiger partial charge in [-0.15, -0.1) is 0 Å². The molecule has 3 rings (SSSR count). The minimum Gasteiger partial charge on any atom is -0.466 e. The summed E-state index contributed by atoms with van der Waals surface area (Å²) >= 11 is 0. The van der Waals surface area contributed by atoms with Crippen LogP contribution in [0.4, 0.5) is 11.6 Å². The lowest BCUT2D eigenvalue weighted by atomic mass is 10.1. The highest BCUT2D eigenvalue weighted by molar-refractivity contribution is 5.72. The molecule has 126 valence electrons. The van der Waals surface area contributed by atoms with E-state index in [-0.39, 0.29) is 12.4 Å². The Morgan fingerprint density at radius 1 is 1.04 bits per heavy atom. The molecule has 6 nitrogen and oxygen atoms in total. The van der Waals surface area contributed by atoms with Crippen molar-refractivity contribution in [1.82, 2.24) is 15.0 Å². The number of esters is 1. The monoisotopic (exact) mass is 334 g/mol. The maximum absolute atomic E-state index is 11.5. The Balaban J connectivity index is 1.69. The minimum atomic E-state index is -0.229. The van der Waals surface area contributed by atoms with Crippen molar-refractivity contribution in [2.75, 3.05) is 11.9 Å². The molecular weight excluding hydrogens is 316 g/mol. The molecule has 0 fully saturated rings. The van der Waals surface area contributed by atoms with Crippen LogP contribution in [0.5, 0.6) is 0 Å². The standard InChI is InChI=1S/C19H18N4O2/c1-2-25-17(24)12-14-8-10-16(11-9-14)22-19-21-13-20-18(23-19)15-6-4-3-5-7-15/h3-11,13H,2,12H2,1H3,(H,20,21,22,23). The lowest BCUT2D eigenvalue weighted by molar-refractivity contribution is -0.142. The van der Waals surface area contributed by atoms with Gasteiger partial charge < -0.3 is 10.1 Å². The summed E-state index contributed by atoms with van der Waals surface area (Å²) in [6.07, 6.45) is 1.74. The number of nitrogens with zero attached hydrogens (tertiary/aromatic N) is 3. The summed E-state index contributed by atoms with van der Waals surface area (Å²) in [6, 6.07) is 17.2. The summed E-state index contributed by atoms with van der Waals surface area (Å²) in [5.74, 6) is 0.845. The number of ether oxygens (including phenoxy) is 1. The summed E-state index contributed by atoms with van der Waals surface area (Å²) in [6.45, 7) is 2.19. The first-order valence-corrected chi connectivity index (χ1v) is 8.00. The molecule has 6 heteroatoms. The molecule has 1 aromatic heterocycles. The Labute approximate surface area is 145 Å². The van der Waals surface area contributed by atoms with Crippen LogP contribution in [0.3, 0.4) is 0 Å². The number of nitrogens with one attached hydrogen (secondary N) is 1. The van der Waals surface area contributed by atoms with E-state index in [1.165, 1.54) is 6.33 Å². The number of hydrogen-bond acceptors (Lipinski definition) is 6. The molecule has 0 aliphatic rings. The lowest BCUT2D eigenvalue weighted by Gasteiger charge is -2.07. The number of hydrogen-bond donors (Lipinski definition) is 1. The van der Waals surface area contributed by atoms with E-state index in [9.17, 15) is 4.79 Å². The Morgan fingerprint density at radius 2 is 1.80 bits per heavy atom. The van der Waals surface area contributed by atoms with E-state index in [0.29, 0.717) is 18.4 Å². The van der Waals surface area contributed by atoms with Gasteiger partial charge in [-0.2, -0.15) is 4.98 Å². The zero-order valence-electron chi connectivity index (χ0n) is 13.8. The van der Waals surface area contributed by atoms with Crippen molar-refractivity contribution >= 4 is 17.6 Å². The molecule has 0 atom stereocenters. The third kappa shape index (κ3) is 4.60. The van der Waals surface area contributed by atoms with Gasteiger partial charge in [0, 0.05) is 11.3 Å². The van der Waals surface area contributed by atoms with Gasteiger partial charge >= 0.3 is 5.97 Å². The van der Waals surface area contributed by atoms with Gasteiger partial charge in [0.05, 0.1) is 13.0 Å². The third-order valence-electron chi connectivity index (χ3n) is 3.47. The second-order valence-electron chi connectivity index (χ2n) is 5.30. The van der Waals surface area contributed by atoms with Crippen molar-refractivity contribution in [1.29, 1.82) is 0 Å². The van der Waals surface area contributed by atoms with Crippen molar-refractivity contribution < 1.29 is 9.53 Å². The SMILES string of the molecule is CCOC(=O)Cc1ccc(Nc2ncnc(-c3ccccc3)n2)cc1. The average Bonchev–Trinajstić information content (AvgIpc) is 2.65. The van der Waals surface area contributed by atoms with Crippen LogP contribution in [0.2, 0.25) is 0 Å². The third-order valence-corrected chi connectivity index (χ3v) is 3.47. The summed E-state index contributed by atoms with van der Waals surface area (Å²) < 4.78 is 4.95. The first kappa shape index (κ1) is 16.6. The minimum absolute atomic E-state index is 0.229. The first-order valence-electron chi connectivity index (χ1n) is 8.00. The molecular formula is C19H18N4O2. The van der Waals surface area contributed by atoms with Crippen molar-refractivity contribution in [2.45, 2.75) is 13.3 Å². The molecule has 1 heterocycles. The van der Waals surface area contributed by atoms with E-state index in [2.05, 4.69) is 20.3 Å². The van der Waals surface area contributed by atoms with E-state index in [1.54, 1.807) is 6.92 Å². The molecule has 0 unspecified atom stereocenters. The quantitative estimate of drug-likeness (QED) is 0.696. The predicted octanol–water partition coefficient (Wildman–Crippen LogP) is 3.39. The van der Waals surface area contributed by atoms with Gasteiger partial charge in [0.1, 0.15) is 6.33 Å². The second-order valence-corrected chi connectivity index (χ2v) is 5.30. The smallest absolute Gasteiger partial charge is 0.310 e. The molecule has 0 amide bonds. The highest BCUT2D eigenvalue weighted by Crippen LogP contribution is 2.17. The van der Waals surface area contributed by atoms with Crippen molar-refractivity contribution in [3.63, 3.8) is 0 Å². The molecule has 0 saturated heterocycles. The summed E-state index contributed by atoms with van der Waals surface area (Å²) in [7, 11) is 0. The number of aromatic nitrogens is 3. The topological polar surface area (TPSA) is 77.0 Å². The fraction of sp³-hybridized carbons (Fsp3) is 0.158. The number of rotatable bonds is 6. The van der Waals surface area contributed by atoms with Crippen molar-refractivity contribution in [3.05, 3.63) is 66.5 Å². The van der Waals surface area contributed by atoms with Crippen LogP contribution >= 0.6 is 0 Å². The van der Waals surface area contributed by atoms with Gasteiger partial charge in [0.2, 0.25) is 5.95 Å². The lowest BCUT2D eigenvalue weighted by Crippen LogP contribution is -2.07. The molecule has 3 aromatic rings. The zero-order chi connectivity index (χ0) is 17.5. The van der Waals surface area contributed by atoms with Gasteiger partial charge in [-0.1, -0.05) is 42.5 Å². The van der Waals surface area contributed by atoms with Crippen LogP contribution in [0.15, 0.2) is 60.9 Å². The normalized spacial score (nSPS) is 10.3. The van der Waals surface area contributed by atoms with E-state index in [4.69, 9.17) is 4.74 Å². The van der Waals surface area contributed by atoms with E-state index >= 15 is 0 Å². The summed E-state index contributed by atoms with van der Waals surface area (Å²) in [5, 5.41) is 3.14. The van der Waals surface area contributed by atoms with Gasteiger partial charge in [-0.3, -0.25) is 4.79 Å². The Kier molecular flexibility index (Phi) is 5.31. The summed E-state index contributed by atoms with van der Waals surface area (Å²) in [4.78, 5) is 24.3. The highest BCUT2D eigenvalue weighted by Gasteiger charge is 2.06. The summed E-state index contributed by atoms with van der Waals surface area (Å²) in [5.41, 5.74) is 2.65. The Bertz CT molecular complexity index is 836. The van der Waals surface area contributed by atoms with Crippen LogP contribution in [-0.4, -0.2) is 27.5 Å². The Morgan fingerprint density at radius 3 is 2.52 bits per heavy atom. The predicted molar refractivity (Wildman–Crippen MR) is 95.3 cm³/mol. The highest BCUT2D eigenvalue weighted by atomic mass is 16.5. The van der Waals surface area contributed by atoms with Crippen LogP contribution < -0.4 is 5.32 Å². The molecule has 0 radical (unpaired) electrons. The van der Waals surface area contributed by atoms with Crippen LogP contribution in [-0.2, 0) is 16.0 Å². The van der Waals surface area contributed by atoms with Gasteiger partial charge in [-0.25, -0.2) is 9.97 Å². The fourth-order valence-corrected chi connectivity index (χ4v) is 2.30. The molecule has 0 aliphatic heterocycles. The number of anilines is 2. The van der Waals surface area contributed by atoms with Crippen LogP contribution in [0.25, 0.3) is 11.4 Å². The fourth-order valence-electron chi connectivity index (χ4n) is 2.30. The van der Waals surface area contributed by atoms with Crippen molar-refractivity contribution in [3.8, 4) is 11.4 Å². The van der Waals surface area contributed by atoms with E-state index in [0.717, 1.165) is 16.8 Å². The molecule has 2 aromatic carbocycles. The molecule has 0 saturated carbocycles. The van der Waals surface area contributed by atoms with Crippen LogP contribution in [0, 0.1) is 0 Å². The molecule has 0 aliphatic carbocycles. The number of carbonyl (C=O) groups is 1. The maximum atomic E-state index is 11.5. The maximum Gasteiger partial charge on any atom is 0.310 e. The number of carbonyl (C=O) groups excluding carboxylic acids is 1. The number of benzene rings is 2. The van der Waals surface area contributed by atoms with E-state index in [1.807, 2.05) is 54.6 Å². The average molecular weight is 334 g/mol. The van der Waals surface area contributed by atoms with Crippen molar-refractivity contribution in [2.24, 2.45) is 0 Å². The molecule has 0 bridgehead atoms. The first-order chi connectivity index (χ1) is 12.2. The van der Waals surface area contributed by atoms with E-state index < -0.39 is 0 Å². The zero-order valence-corrected chi connectivity index (χ0v) is 13.8. The Hall–Kier alpha value is -3.28. The largest absolute Gasteiger partial charge is 0.466 e. The molecule has 0 spiro atoms. The van der Waals surface area contributed by atoms with Gasteiger partial charge in [-0.05, 0) is 24.6 Å².